The van der Waals surface area contributed by atoms with Crippen LogP contribution in [0.1, 0.15) is 45.9 Å². The molecule has 1 fully saturated rings. The number of pyridine rings is 2. The molecule has 4 heterocycles. The third-order valence-electron chi connectivity index (χ3n) is 7.96. The van der Waals surface area contributed by atoms with Crippen molar-refractivity contribution in [3.8, 4) is 0 Å². The molecule has 0 unspecified atom stereocenters. The molecule has 10 heteroatoms. The smallest absolute Gasteiger partial charge is 0.405 e. The molecule has 9 nitrogen and oxygen atoms in total. The Kier molecular flexibility index (Phi) is 8.08. The van der Waals surface area contributed by atoms with Crippen molar-refractivity contribution in [2.24, 2.45) is 5.92 Å². The molecule has 3 atom stereocenters. The Morgan fingerprint density at radius 3 is 2.69 bits per heavy atom. The summed E-state index contributed by atoms with van der Waals surface area (Å²) in [6.45, 7) is 20.8. The van der Waals surface area contributed by atoms with Crippen LogP contribution in [-0.4, -0.2) is 54.7 Å². The Morgan fingerprint density at radius 2 is 2.03 bits per heavy atom. The number of carbonyl (C=O) groups is 1. The molecule has 3 N–H and O–H groups in total. The van der Waals surface area contributed by atoms with Crippen molar-refractivity contribution in [3.63, 3.8) is 0 Å². The number of nitrogens with zero attached hydrogens (tertiary/aromatic N) is 3. The lowest BCUT2D eigenvalue weighted by Gasteiger charge is -2.48. The summed E-state index contributed by atoms with van der Waals surface area (Å²) in [5, 5.41) is 15.9. The first-order valence-electron chi connectivity index (χ1n) is 13.4. The van der Waals surface area contributed by atoms with Crippen LogP contribution in [0.25, 0.3) is 16.7 Å². The summed E-state index contributed by atoms with van der Waals surface area (Å²) in [5.41, 5.74) is 6.02. The number of rotatable bonds is 8. The van der Waals surface area contributed by atoms with Gasteiger partial charge in [-0.15, -0.1) is 0 Å². The van der Waals surface area contributed by atoms with Gasteiger partial charge in [-0.3, -0.25) is 4.98 Å². The van der Waals surface area contributed by atoms with Gasteiger partial charge in [0.2, 0.25) is 0 Å². The number of furan rings is 1. The number of piperidine rings is 1. The van der Waals surface area contributed by atoms with E-state index in [9.17, 15) is 9.90 Å². The van der Waals surface area contributed by atoms with E-state index in [0.29, 0.717) is 13.1 Å². The van der Waals surface area contributed by atoms with Crippen LogP contribution in [0.5, 0.6) is 0 Å². The third-order valence-corrected chi connectivity index (χ3v) is 12.4. The highest BCUT2D eigenvalue weighted by atomic mass is 28.4. The van der Waals surface area contributed by atoms with Gasteiger partial charge in [0.15, 0.2) is 13.9 Å². The van der Waals surface area contributed by atoms with Crippen LogP contribution in [0.2, 0.25) is 18.1 Å². The van der Waals surface area contributed by atoms with Crippen molar-refractivity contribution in [2.45, 2.75) is 71.4 Å². The minimum atomic E-state index is -2.11. The summed E-state index contributed by atoms with van der Waals surface area (Å²) in [7, 11) is -2.11. The van der Waals surface area contributed by atoms with Crippen LogP contribution >= 0.6 is 0 Å². The van der Waals surface area contributed by atoms with E-state index in [4.69, 9.17) is 13.8 Å². The van der Waals surface area contributed by atoms with E-state index in [1.807, 2.05) is 25.1 Å². The highest BCUT2D eigenvalue weighted by Gasteiger charge is 2.45. The molecule has 0 aliphatic carbocycles. The number of nitrogens with one attached hydrogen (secondary N) is 2. The first-order chi connectivity index (χ1) is 18.3. The zero-order chi connectivity index (χ0) is 28.5. The minimum Gasteiger partial charge on any atom is -0.465 e. The molecule has 3 aromatic rings. The number of anilines is 2. The molecule has 1 amide bonds. The molecule has 0 radical (unpaired) electrons. The molecule has 0 bridgehead atoms. The Balaban J connectivity index is 1.55. The van der Waals surface area contributed by atoms with Crippen molar-refractivity contribution in [2.75, 3.05) is 23.3 Å². The molecule has 0 spiro atoms. The fourth-order valence-electron chi connectivity index (χ4n) is 4.80. The first-order valence-corrected chi connectivity index (χ1v) is 16.3. The van der Waals surface area contributed by atoms with E-state index in [1.165, 1.54) is 0 Å². The zero-order valence-electron chi connectivity index (χ0n) is 24.0. The second-order valence-corrected chi connectivity index (χ2v) is 16.9. The second-order valence-electron chi connectivity index (χ2n) is 12.1. The average Bonchev–Trinajstić information content (AvgIpc) is 3.27. The molecule has 210 valence electrons. The molecule has 1 aliphatic heterocycles. The number of allylic oxidation sites excluding steroid dienone is 1. The van der Waals surface area contributed by atoms with Crippen molar-refractivity contribution in [1.29, 1.82) is 0 Å². The quantitative estimate of drug-likeness (QED) is 0.278. The van der Waals surface area contributed by atoms with Crippen molar-refractivity contribution < 1.29 is 18.7 Å². The lowest BCUT2D eigenvalue weighted by molar-refractivity contribution is 0.0722. The first kappa shape index (κ1) is 28.6. The van der Waals surface area contributed by atoms with Crippen LogP contribution in [0.15, 0.2) is 47.9 Å². The standard InChI is InChI=1S/C29H41N5O4Si/c1-18(2)21-17-37-25-10-9-20(32-26(21)25)13-31-22-14-30-12-11-24(22)34-15-19(3)27(23(16-34)33-28(35)36)38-39(7,8)29(4,5)6/h9-12,14,17,19,23,27,31,33H,1,13,15-16H2,2-8H3,(H,35,36)/t19-,23+,27+/m0/s1. The maximum Gasteiger partial charge on any atom is 0.405 e. The number of hydrogen-bond acceptors (Lipinski definition) is 7. The lowest BCUT2D eigenvalue weighted by Crippen LogP contribution is -2.62. The molecule has 39 heavy (non-hydrogen) atoms. The number of amides is 1. The van der Waals surface area contributed by atoms with Gasteiger partial charge in [-0.1, -0.05) is 34.3 Å². The van der Waals surface area contributed by atoms with E-state index >= 15 is 0 Å². The van der Waals surface area contributed by atoms with Gasteiger partial charge >= 0.3 is 6.09 Å². The average molecular weight is 552 g/mol. The zero-order valence-corrected chi connectivity index (χ0v) is 25.0. The summed E-state index contributed by atoms with van der Waals surface area (Å²) >= 11 is 0. The maximum absolute atomic E-state index is 11.8. The third kappa shape index (κ3) is 6.28. The van der Waals surface area contributed by atoms with Crippen LogP contribution in [0.3, 0.4) is 0 Å². The van der Waals surface area contributed by atoms with E-state index in [-0.39, 0.29) is 23.1 Å². The van der Waals surface area contributed by atoms with Crippen LogP contribution in [-0.2, 0) is 11.0 Å². The molecule has 3 aromatic heterocycles. The van der Waals surface area contributed by atoms with Crippen LogP contribution in [0, 0.1) is 5.92 Å². The summed E-state index contributed by atoms with van der Waals surface area (Å²) in [6, 6.07) is 5.46. The molecule has 0 saturated carbocycles. The summed E-state index contributed by atoms with van der Waals surface area (Å²) < 4.78 is 12.4. The van der Waals surface area contributed by atoms with E-state index < -0.39 is 14.4 Å². The Morgan fingerprint density at radius 1 is 1.28 bits per heavy atom. The lowest BCUT2D eigenvalue weighted by atomic mass is 9.92. The van der Waals surface area contributed by atoms with Gasteiger partial charge in [0.05, 0.1) is 42.0 Å². The van der Waals surface area contributed by atoms with Gasteiger partial charge in [-0.25, -0.2) is 9.78 Å². The highest BCUT2D eigenvalue weighted by molar-refractivity contribution is 6.74. The van der Waals surface area contributed by atoms with Gasteiger partial charge < -0.3 is 29.5 Å². The highest BCUT2D eigenvalue weighted by Crippen LogP contribution is 2.40. The second kappa shape index (κ2) is 11.0. The molecule has 1 aliphatic rings. The van der Waals surface area contributed by atoms with E-state index in [0.717, 1.165) is 45.8 Å². The SMILES string of the molecule is C=C(C)c1coc2ccc(CNc3cnccc3N3C[C@H](C)[C@@H](O[Si](C)(C)C(C)(C)C)[C@H](NC(=O)O)C3)nc12. The Hall–Kier alpha value is -3.37. The molecular formula is C29H41N5O4Si. The minimum absolute atomic E-state index is 0.0262. The van der Waals surface area contributed by atoms with Gasteiger partial charge in [-0.05, 0) is 48.8 Å². The molecule has 1 saturated heterocycles. The van der Waals surface area contributed by atoms with Gasteiger partial charge in [0.1, 0.15) is 11.8 Å². The molecule has 4 rings (SSSR count). The number of fused-ring (bicyclic) bond motifs is 1. The van der Waals surface area contributed by atoms with Crippen LogP contribution in [0.4, 0.5) is 16.2 Å². The van der Waals surface area contributed by atoms with Crippen LogP contribution < -0.4 is 15.5 Å². The predicted molar refractivity (Wildman–Crippen MR) is 159 cm³/mol. The number of carboxylic acid groups (broad SMARTS) is 1. The van der Waals surface area contributed by atoms with Gasteiger partial charge in [-0.2, -0.15) is 0 Å². The fourth-order valence-corrected chi connectivity index (χ4v) is 6.23. The normalized spacial score (nSPS) is 20.2. The largest absolute Gasteiger partial charge is 0.465 e. The number of hydrogen-bond donors (Lipinski definition) is 3. The maximum atomic E-state index is 11.8. The Bertz CT molecular complexity index is 1350. The Labute approximate surface area is 231 Å². The molecule has 0 aromatic carbocycles. The summed E-state index contributed by atoms with van der Waals surface area (Å²) in [5.74, 6) is 0.108. The molecular weight excluding hydrogens is 510 g/mol. The van der Waals surface area contributed by atoms with Crippen molar-refractivity contribution in [1.82, 2.24) is 15.3 Å². The van der Waals surface area contributed by atoms with Gasteiger partial charge in [0.25, 0.3) is 0 Å². The summed E-state index contributed by atoms with van der Waals surface area (Å²) in [6.07, 6.45) is 4.01. The summed E-state index contributed by atoms with van der Waals surface area (Å²) in [4.78, 5) is 23.1. The van der Waals surface area contributed by atoms with Crippen molar-refractivity contribution in [3.05, 3.63) is 54.7 Å². The fraction of sp³-hybridized carbons (Fsp3) is 0.483. The van der Waals surface area contributed by atoms with Crippen molar-refractivity contribution >= 4 is 42.5 Å². The van der Waals surface area contributed by atoms with E-state index in [2.05, 4.69) is 67.9 Å². The van der Waals surface area contributed by atoms with Gasteiger partial charge in [0, 0.05) is 30.8 Å². The predicted octanol–water partition coefficient (Wildman–Crippen LogP) is 6.35. The number of aromatic nitrogens is 2. The topological polar surface area (TPSA) is 113 Å². The van der Waals surface area contributed by atoms with E-state index in [1.54, 1.807) is 18.7 Å². The monoisotopic (exact) mass is 551 g/mol.